The lowest BCUT2D eigenvalue weighted by Gasteiger charge is -2.09. The minimum absolute atomic E-state index is 0.427. The van der Waals surface area contributed by atoms with E-state index >= 15 is 0 Å². The highest BCUT2D eigenvalue weighted by molar-refractivity contribution is 5.76. The minimum atomic E-state index is 0.427. The van der Waals surface area contributed by atoms with Crippen molar-refractivity contribution in [1.82, 2.24) is 4.98 Å². The van der Waals surface area contributed by atoms with Crippen molar-refractivity contribution in [3.05, 3.63) is 52.7 Å². The average Bonchev–Trinajstić information content (AvgIpc) is 2.41. The van der Waals surface area contributed by atoms with Crippen molar-refractivity contribution in [3.8, 4) is 17.7 Å². The summed E-state index contributed by atoms with van der Waals surface area (Å²) in [6.07, 6.45) is 0.763. The summed E-state index contributed by atoms with van der Waals surface area (Å²) in [7, 11) is 0. The van der Waals surface area contributed by atoms with E-state index < -0.39 is 0 Å². The van der Waals surface area contributed by atoms with Gasteiger partial charge in [0.2, 0.25) is 5.88 Å². The molecule has 94 valence electrons. The number of benzene rings is 1. The maximum atomic E-state index is 10.7. The van der Waals surface area contributed by atoms with Gasteiger partial charge in [0.25, 0.3) is 0 Å². The number of hydrogen-bond acceptors (Lipinski definition) is 4. The van der Waals surface area contributed by atoms with E-state index in [1.165, 1.54) is 0 Å². The number of hydrogen-bond donors (Lipinski definition) is 0. The molecule has 0 radical (unpaired) electrons. The van der Waals surface area contributed by atoms with Crippen LogP contribution < -0.4 is 4.74 Å². The van der Waals surface area contributed by atoms with Gasteiger partial charge in [0, 0.05) is 11.6 Å². The number of rotatable bonds is 3. The summed E-state index contributed by atoms with van der Waals surface area (Å²) >= 11 is 0. The zero-order valence-corrected chi connectivity index (χ0v) is 10.7. The number of aldehydes is 1. The summed E-state index contributed by atoms with van der Waals surface area (Å²) in [6, 6.07) is 10.6. The van der Waals surface area contributed by atoms with Gasteiger partial charge >= 0.3 is 0 Å². The second kappa shape index (κ2) is 5.32. The Bertz CT molecular complexity index is 672. The van der Waals surface area contributed by atoms with E-state index in [1.54, 1.807) is 37.3 Å². The normalized spacial score (nSPS) is 9.74. The van der Waals surface area contributed by atoms with Crippen LogP contribution in [-0.2, 0) is 0 Å². The molecule has 1 aromatic heterocycles. The number of carbonyl (C=O) groups is 1. The summed E-state index contributed by atoms with van der Waals surface area (Å²) in [5.41, 5.74) is 2.62. The first-order chi connectivity index (χ1) is 9.13. The Balaban J connectivity index is 2.29. The third-order valence-electron chi connectivity index (χ3n) is 2.75. The number of carbonyl (C=O) groups excluding carboxylic acids is 1. The summed E-state index contributed by atoms with van der Waals surface area (Å²) < 4.78 is 5.65. The van der Waals surface area contributed by atoms with Crippen LogP contribution in [0.1, 0.15) is 27.2 Å². The summed E-state index contributed by atoms with van der Waals surface area (Å²) in [6.45, 7) is 3.62. The van der Waals surface area contributed by atoms with Crippen LogP contribution in [0.2, 0.25) is 0 Å². The van der Waals surface area contributed by atoms with Crippen LogP contribution in [0.5, 0.6) is 11.6 Å². The van der Waals surface area contributed by atoms with Gasteiger partial charge in [-0.1, -0.05) is 0 Å². The molecule has 0 saturated heterocycles. The van der Waals surface area contributed by atoms with Gasteiger partial charge in [-0.2, -0.15) is 5.26 Å². The standard InChI is InChI=1S/C15H12N2O2/c1-10-7-12(8-16)3-5-14(10)19-15-6-4-13(9-18)11(2)17-15/h3-7,9H,1-2H3. The molecule has 0 N–H and O–H groups in total. The van der Waals surface area contributed by atoms with Crippen LogP contribution in [0.15, 0.2) is 30.3 Å². The minimum Gasteiger partial charge on any atom is -0.439 e. The molecule has 0 amide bonds. The molecule has 0 fully saturated rings. The number of aryl methyl sites for hydroxylation is 2. The maximum absolute atomic E-state index is 10.7. The molecule has 4 heteroatoms. The Morgan fingerprint density at radius 1 is 1.26 bits per heavy atom. The molecule has 0 aliphatic carbocycles. The van der Waals surface area contributed by atoms with E-state index in [-0.39, 0.29) is 0 Å². The van der Waals surface area contributed by atoms with Gasteiger partial charge in [0.15, 0.2) is 6.29 Å². The molecule has 0 unspecified atom stereocenters. The van der Waals surface area contributed by atoms with Crippen molar-refractivity contribution < 1.29 is 9.53 Å². The van der Waals surface area contributed by atoms with Gasteiger partial charge in [-0.15, -0.1) is 0 Å². The average molecular weight is 252 g/mol. The van der Waals surface area contributed by atoms with Gasteiger partial charge in [-0.3, -0.25) is 4.79 Å². The van der Waals surface area contributed by atoms with Crippen LogP contribution in [0.3, 0.4) is 0 Å². The second-order valence-electron chi connectivity index (χ2n) is 4.14. The van der Waals surface area contributed by atoms with E-state index in [0.29, 0.717) is 28.5 Å². The molecule has 2 rings (SSSR count). The third-order valence-corrected chi connectivity index (χ3v) is 2.75. The largest absolute Gasteiger partial charge is 0.439 e. The number of nitrogens with zero attached hydrogens (tertiary/aromatic N) is 2. The Morgan fingerprint density at radius 2 is 2.05 bits per heavy atom. The number of aromatic nitrogens is 1. The molecule has 0 saturated carbocycles. The SMILES string of the molecule is Cc1cc(C#N)ccc1Oc1ccc(C=O)c(C)n1. The Morgan fingerprint density at radius 3 is 2.63 bits per heavy atom. The first kappa shape index (κ1) is 12.8. The molecule has 0 aliphatic rings. The maximum Gasteiger partial charge on any atom is 0.219 e. The Labute approximate surface area is 111 Å². The monoisotopic (exact) mass is 252 g/mol. The lowest BCUT2D eigenvalue weighted by atomic mass is 10.1. The van der Waals surface area contributed by atoms with Gasteiger partial charge in [0.1, 0.15) is 5.75 Å². The van der Waals surface area contributed by atoms with Crippen LogP contribution in [0, 0.1) is 25.2 Å². The van der Waals surface area contributed by atoms with Crippen LogP contribution >= 0.6 is 0 Å². The van der Waals surface area contributed by atoms with E-state index in [2.05, 4.69) is 11.1 Å². The van der Waals surface area contributed by atoms with Gasteiger partial charge < -0.3 is 4.74 Å². The number of pyridine rings is 1. The van der Waals surface area contributed by atoms with Gasteiger partial charge in [-0.25, -0.2) is 4.98 Å². The van der Waals surface area contributed by atoms with Crippen molar-refractivity contribution in [2.45, 2.75) is 13.8 Å². The highest BCUT2D eigenvalue weighted by atomic mass is 16.5. The predicted molar refractivity (Wildman–Crippen MR) is 70.3 cm³/mol. The van der Waals surface area contributed by atoms with Crippen molar-refractivity contribution >= 4 is 6.29 Å². The molecular formula is C15H12N2O2. The number of nitriles is 1. The van der Waals surface area contributed by atoms with Crippen LogP contribution in [-0.4, -0.2) is 11.3 Å². The van der Waals surface area contributed by atoms with Crippen molar-refractivity contribution in [2.24, 2.45) is 0 Å². The Kier molecular flexibility index (Phi) is 3.58. The zero-order valence-electron chi connectivity index (χ0n) is 10.7. The zero-order chi connectivity index (χ0) is 13.8. The number of ether oxygens (including phenoxy) is 1. The molecule has 1 heterocycles. The highest BCUT2D eigenvalue weighted by Crippen LogP contribution is 2.24. The molecule has 2 aromatic rings. The molecule has 0 atom stereocenters. The lowest BCUT2D eigenvalue weighted by molar-refractivity contribution is 0.112. The lowest BCUT2D eigenvalue weighted by Crippen LogP contribution is -1.95. The third kappa shape index (κ3) is 2.78. The predicted octanol–water partition coefficient (Wildman–Crippen LogP) is 3.17. The molecule has 19 heavy (non-hydrogen) atoms. The van der Waals surface area contributed by atoms with E-state index in [0.717, 1.165) is 11.8 Å². The molecule has 0 bridgehead atoms. The van der Waals surface area contributed by atoms with E-state index in [1.807, 2.05) is 6.92 Å². The fourth-order valence-corrected chi connectivity index (χ4v) is 1.68. The van der Waals surface area contributed by atoms with E-state index in [4.69, 9.17) is 10.00 Å². The molecule has 1 aromatic carbocycles. The van der Waals surface area contributed by atoms with Crippen molar-refractivity contribution in [2.75, 3.05) is 0 Å². The van der Waals surface area contributed by atoms with Crippen molar-refractivity contribution in [1.29, 1.82) is 5.26 Å². The van der Waals surface area contributed by atoms with Gasteiger partial charge in [-0.05, 0) is 43.7 Å². The van der Waals surface area contributed by atoms with E-state index in [9.17, 15) is 4.79 Å². The molecular weight excluding hydrogens is 240 g/mol. The Hall–Kier alpha value is -2.67. The fraction of sp³-hybridized carbons (Fsp3) is 0.133. The fourth-order valence-electron chi connectivity index (χ4n) is 1.68. The summed E-state index contributed by atoms with van der Waals surface area (Å²) in [5, 5.41) is 8.80. The molecule has 0 aliphatic heterocycles. The van der Waals surface area contributed by atoms with Crippen LogP contribution in [0.4, 0.5) is 0 Å². The highest BCUT2D eigenvalue weighted by Gasteiger charge is 2.06. The molecule has 4 nitrogen and oxygen atoms in total. The summed E-state index contributed by atoms with van der Waals surface area (Å²) in [4.78, 5) is 14.9. The molecule has 0 spiro atoms. The summed E-state index contributed by atoms with van der Waals surface area (Å²) in [5.74, 6) is 1.07. The van der Waals surface area contributed by atoms with Gasteiger partial charge in [0.05, 0.1) is 17.3 Å². The first-order valence-electron chi connectivity index (χ1n) is 5.75. The topological polar surface area (TPSA) is 63.0 Å². The van der Waals surface area contributed by atoms with Crippen LogP contribution in [0.25, 0.3) is 0 Å². The quantitative estimate of drug-likeness (QED) is 0.787. The first-order valence-corrected chi connectivity index (χ1v) is 5.75. The smallest absolute Gasteiger partial charge is 0.219 e. The second-order valence-corrected chi connectivity index (χ2v) is 4.14. The van der Waals surface area contributed by atoms with Crippen molar-refractivity contribution in [3.63, 3.8) is 0 Å².